The highest BCUT2D eigenvalue weighted by Crippen LogP contribution is 2.24. The van der Waals surface area contributed by atoms with Crippen LogP contribution in [0.1, 0.15) is 17.5 Å². The van der Waals surface area contributed by atoms with Crippen LogP contribution in [-0.2, 0) is 0 Å². The van der Waals surface area contributed by atoms with E-state index >= 15 is 0 Å². The Morgan fingerprint density at radius 2 is 1.95 bits per heavy atom. The molecule has 0 spiro atoms. The van der Waals surface area contributed by atoms with Gasteiger partial charge >= 0.3 is 0 Å². The van der Waals surface area contributed by atoms with E-state index < -0.39 is 6.10 Å². The van der Waals surface area contributed by atoms with Gasteiger partial charge in [0.1, 0.15) is 17.7 Å². The Bertz CT molecular complexity index is 739. The number of rotatable bonds is 3. The van der Waals surface area contributed by atoms with Gasteiger partial charge in [0, 0.05) is 11.0 Å². The van der Waals surface area contributed by atoms with Gasteiger partial charge in [0.15, 0.2) is 0 Å². The lowest BCUT2D eigenvalue weighted by Crippen LogP contribution is -2.01. The number of aromatic amines is 1. The standard InChI is InChI=1S/C15H13FN2OS/c1-20-11-5-2-9(3-6-11)14(19)15-17-12-7-4-10(16)8-13(12)18-15/h2-8,14,19H,1H3,(H,17,18). The normalized spacial score (nSPS) is 12.8. The number of aromatic nitrogens is 2. The Morgan fingerprint density at radius 1 is 1.20 bits per heavy atom. The highest BCUT2D eigenvalue weighted by molar-refractivity contribution is 7.98. The fraction of sp³-hybridized carbons (Fsp3) is 0.133. The number of nitrogens with one attached hydrogen (secondary N) is 1. The van der Waals surface area contributed by atoms with Crippen molar-refractivity contribution in [1.29, 1.82) is 0 Å². The van der Waals surface area contributed by atoms with Crippen LogP contribution in [0.5, 0.6) is 0 Å². The number of aliphatic hydroxyl groups is 1. The second-order valence-electron chi connectivity index (χ2n) is 4.46. The molecule has 1 heterocycles. The molecule has 0 saturated heterocycles. The molecule has 0 saturated carbocycles. The topological polar surface area (TPSA) is 48.9 Å². The van der Waals surface area contributed by atoms with Crippen LogP contribution in [0.25, 0.3) is 11.0 Å². The molecule has 1 aromatic heterocycles. The third kappa shape index (κ3) is 2.42. The number of aliphatic hydroxyl groups excluding tert-OH is 1. The molecular weight excluding hydrogens is 275 g/mol. The lowest BCUT2D eigenvalue weighted by Gasteiger charge is -2.08. The zero-order chi connectivity index (χ0) is 14.1. The number of nitrogens with zero attached hydrogens (tertiary/aromatic N) is 1. The third-order valence-corrected chi connectivity index (χ3v) is 3.90. The number of benzene rings is 2. The monoisotopic (exact) mass is 288 g/mol. The van der Waals surface area contributed by atoms with E-state index in [1.54, 1.807) is 17.8 Å². The number of hydrogen-bond acceptors (Lipinski definition) is 3. The molecule has 0 bridgehead atoms. The minimum Gasteiger partial charge on any atom is -0.380 e. The summed E-state index contributed by atoms with van der Waals surface area (Å²) >= 11 is 1.64. The zero-order valence-corrected chi connectivity index (χ0v) is 11.6. The number of H-pyrrole nitrogens is 1. The van der Waals surface area contributed by atoms with E-state index in [-0.39, 0.29) is 5.82 Å². The van der Waals surface area contributed by atoms with Crippen molar-refractivity contribution in [3.05, 3.63) is 59.7 Å². The van der Waals surface area contributed by atoms with Crippen LogP contribution in [-0.4, -0.2) is 21.3 Å². The number of thioether (sulfide) groups is 1. The summed E-state index contributed by atoms with van der Waals surface area (Å²) in [7, 11) is 0. The van der Waals surface area contributed by atoms with Crippen molar-refractivity contribution in [2.75, 3.05) is 6.26 Å². The maximum absolute atomic E-state index is 13.1. The van der Waals surface area contributed by atoms with Gasteiger partial charge in [-0.2, -0.15) is 0 Å². The SMILES string of the molecule is CSc1ccc(C(O)c2nc3cc(F)ccc3[nH]2)cc1. The van der Waals surface area contributed by atoms with E-state index in [0.717, 1.165) is 10.5 Å². The molecule has 0 aliphatic heterocycles. The van der Waals surface area contributed by atoms with Gasteiger partial charge in [0.25, 0.3) is 0 Å². The summed E-state index contributed by atoms with van der Waals surface area (Å²) in [6, 6.07) is 12.0. The fourth-order valence-corrected chi connectivity index (χ4v) is 2.48. The van der Waals surface area contributed by atoms with E-state index in [4.69, 9.17) is 0 Å². The molecule has 1 unspecified atom stereocenters. The minimum atomic E-state index is -0.846. The van der Waals surface area contributed by atoms with E-state index in [1.807, 2.05) is 30.5 Å². The van der Waals surface area contributed by atoms with E-state index in [9.17, 15) is 9.50 Å². The van der Waals surface area contributed by atoms with Crippen LogP contribution in [0.2, 0.25) is 0 Å². The molecule has 2 aromatic carbocycles. The lowest BCUT2D eigenvalue weighted by molar-refractivity contribution is 0.211. The Kier molecular flexibility index (Phi) is 3.46. The van der Waals surface area contributed by atoms with Crippen LogP contribution in [0, 0.1) is 5.82 Å². The summed E-state index contributed by atoms with van der Waals surface area (Å²) in [5.41, 5.74) is 1.98. The zero-order valence-electron chi connectivity index (χ0n) is 10.8. The molecule has 20 heavy (non-hydrogen) atoms. The maximum atomic E-state index is 13.1. The van der Waals surface area contributed by atoms with Crippen molar-refractivity contribution in [3.63, 3.8) is 0 Å². The Balaban J connectivity index is 1.96. The van der Waals surface area contributed by atoms with E-state index in [2.05, 4.69) is 9.97 Å². The molecule has 0 radical (unpaired) electrons. The molecule has 3 nitrogen and oxygen atoms in total. The van der Waals surface area contributed by atoms with Crippen LogP contribution in [0.4, 0.5) is 4.39 Å². The average molecular weight is 288 g/mol. The summed E-state index contributed by atoms with van der Waals surface area (Å²) in [4.78, 5) is 8.39. The molecule has 0 fully saturated rings. The first-order valence-electron chi connectivity index (χ1n) is 6.14. The number of fused-ring (bicyclic) bond motifs is 1. The van der Waals surface area contributed by atoms with Crippen LogP contribution in [0.3, 0.4) is 0 Å². The summed E-state index contributed by atoms with van der Waals surface area (Å²) in [5.74, 6) is 0.0804. The largest absolute Gasteiger partial charge is 0.380 e. The number of imidazole rings is 1. The summed E-state index contributed by atoms with van der Waals surface area (Å²) in [6.07, 6.45) is 1.15. The van der Waals surface area contributed by atoms with Crippen molar-refractivity contribution in [2.24, 2.45) is 0 Å². The first kappa shape index (κ1) is 13.1. The second kappa shape index (κ2) is 5.26. The summed E-state index contributed by atoms with van der Waals surface area (Å²) < 4.78 is 13.1. The predicted molar refractivity (Wildman–Crippen MR) is 78.3 cm³/mol. The first-order chi connectivity index (χ1) is 9.67. The molecule has 1 atom stereocenters. The first-order valence-corrected chi connectivity index (χ1v) is 7.37. The Labute approximate surface area is 119 Å². The van der Waals surface area contributed by atoms with E-state index in [0.29, 0.717) is 16.9 Å². The highest BCUT2D eigenvalue weighted by atomic mass is 32.2. The van der Waals surface area contributed by atoms with Gasteiger partial charge < -0.3 is 10.1 Å². The number of hydrogen-bond donors (Lipinski definition) is 2. The van der Waals surface area contributed by atoms with Crippen molar-refractivity contribution in [2.45, 2.75) is 11.0 Å². The summed E-state index contributed by atoms with van der Waals surface area (Å²) in [6.45, 7) is 0. The molecule has 102 valence electrons. The molecule has 3 aromatic rings. The van der Waals surface area contributed by atoms with Gasteiger partial charge in [0.05, 0.1) is 11.0 Å². The molecule has 5 heteroatoms. The molecule has 0 aliphatic carbocycles. The summed E-state index contributed by atoms with van der Waals surface area (Å²) in [5, 5.41) is 10.3. The van der Waals surface area contributed by atoms with Crippen molar-refractivity contribution in [1.82, 2.24) is 9.97 Å². The van der Waals surface area contributed by atoms with Crippen LogP contribution in [0.15, 0.2) is 47.4 Å². The van der Waals surface area contributed by atoms with Gasteiger partial charge in [-0.15, -0.1) is 11.8 Å². The van der Waals surface area contributed by atoms with Gasteiger partial charge in [-0.05, 0) is 36.1 Å². The predicted octanol–water partition coefficient (Wildman–Crippen LogP) is 3.51. The van der Waals surface area contributed by atoms with Crippen molar-refractivity contribution in [3.8, 4) is 0 Å². The second-order valence-corrected chi connectivity index (χ2v) is 5.34. The fourth-order valence-electron chi connectivity index (χ4n) is 2.07. The van der Waals surface area contributed by atoms with Gasteiger partial charge in [-0.1, -0.05) is 12.1 Å². The molecular formula is C15H13FN2OS. The highest BCUT2D eigenvalue weighted by Gasteiger charge is 2.15. The quantitative estimate of drug-likeness (QED) is 0.725. The molecule has 2 N–H and O–H groups in total. The van der Waals surface area contributed by atoms with E-state index in [1.165, 1.54) is 12.1 Å². The Morgan fingerprint density at radius 3 is 2.65 bits per heavy atom. The smallest absolute Gasteiger partial charge is 0.140 e. The van der Waals surface area contributed by atoms with Crippen LogP contribution >= 0.6 is 11.8 Å². The average Bonchev–Trinajstić information content (AvgIpc) is 2.89. The molecule has 3 rings (SSSR count). The van der Waals surface area contributed by atoms with Gasteiger partial charge in [-0.25, -0.2) is 9.37 Å². The molecule has 0 amide bonds. The lowest BCUT2D eigenvalue weighted by atomic mass is 10.1. The van der Waals surface area contributed by atoms with Crippen LogP contribution < -0.4 is 0 Å². The third-order valence-electron chi connectivity index (χ3n) is 3.15. The number of halogens is 1. The Hall–Kier alpha value is -1.85. The minimum absolute atomic E-state index is 0.339. The maximum Gasteiger partial charge on any atom is 0.140 e. The van der Waals surface area contributed by atoms with Crippen molar-refractivity contribution >= 4 is 22.8 Å². The van der Waals surface area contributed by atoms with Gasteiger partial charge in [-0.3, -0.25) is 0 Å². The van der Waals surface area contributed by atoms with Gasteiger partial charge in [0.2, 0.25) is 0 Å². The van der Waals surface area contributed by atoms with Crippen molar-refractivity contribution < 1.29 is 9.50 Å². The molecule has 0 aliphatic rings.